The third-order valence-electron chi connectivity index (χ3n) is 5.16. The fourth-order valence-electron chi connectivity index (χ4n) is 3.50. The maximum atomic E-state index is 13.3. The Morgan fingerprint density at radius 1 is 1.06 bits per heavy atom. The summed E-state index contributed by atoms with van der Waals surface area (Å²) in [7, 11) is -3.83. The van der Waals surface area contributed by atoms with Crippen LogP contribution < -0.4 is 10.9 Å². The molecule has 0 aliphatic carbocycles. The van der Waals surface area contributed by atoms with Gasteiger partial charge in [0.2, 0.25) is 21.8 Å². The largest absolute Gasteiger partial charge is 0.289 e. The number of aromatic nitrogens is 1. The Labute approximate surface area is 200 Å². The van der Waals surface area contributed by atoms with Crippen LogP contribution in [-0.2, 0) is 26.2 Å². The Balaban J connectivity index is 2.28. The van der Waals surface area contributed by atoms with Crippen LogP contribution in [0.5, 0.6) is 0 Å². The van der Waals surface area contributed by atoms with Crippen molar-refractivity contribution in [2.45, 2.75) is 33.2 Å². The van der Waals surface area contributed by atoms with Crippen molar-refractivity contribution in [2.24, 2.45) is 17.8 Å². The summed E-state index contributed by atoms with van der Waals surface area (Å²) in [6.45, 7) is 3.64. The summed E-state index contributed by atoms with van der Waals surface area (Å²) >= 11 is 0. The molecule has 0 unspecified atom stereocenters. The van der Waals surface area contributed by atoms with Gasteiger partial charge in [-0.2, -0.15) is 0 Å². The predicted molar refractivity (Wildman–Crippen MR) is 129 cm³/mol. The molecule has 0 radical (unpaired) electrons. The zero-order chi connectivity index (χ0) is 25.1. The molecule has 0 bridgehead atoms. The molecule has 184 valence electrons. The molecule has 0 fully saturated rings. The van der Waals surface area contributed by atoms with E-state index >= 15 is 0 Å². The van der Waals surface area contributed by atoms with Crippen LogP contribution in [0.3, 0.4) is 0 Å². The van der Waals surface area contributed by atoms with Gasteiger partial charge in [0.05, 0.1) is 30.3 Å². The molecule has 0 aliphatic rings. The predicted octanol–water partition coefficient (Wildman–Crippen LogP) is 2.76. The summed E-state index contributed by atoms with van der Waals surface area (Å²) in [5.41, 5.74) is 5.48. The molecular weight excluding hydrogens is 456 g/mol. The molecule has 2 amide bonds. The standard InChI is InChI=1S/C24H32N4O5S/c1-18(2)16-22(21(24(30)27-31)14-9-12-19-10-5-4-6-11-19)23(29)26-28(34(3,32)33)17-20-13-7-8-15-25-20/h4-13,15,18,21-22,31H,14,16-17H2,1-3H3,(H,26,29)(H,27,30)/b12-9+/t21-,22+/m0/s1. The lowest BCUT2D eigenvalue weighted by Crippen LogP contribution is -2.50. The highest BCUT2D eigenvalue weighted by Crippen LogP contribution is 2.26. The van der Waals surface area contributed by atoms with Crippen LogP contribution >= 0.6 is 0 Å². The molecule has 3 N–H and O–H groups in total. The molecule has 2 rings (SSSR count). The van der Waals surface area contributed by atoms with E-state index in [2.05, 4.69) is 10.4 Å². The van der Waals surface area contributed by atoms with E-state index in [0.29, 0.717) is 12.1 Å². The first kappa shape index (κ1) is 27.2. The molecule has 9 nitrogen and oxygen atoms in total. The first-order valence-corrected chi connectivity index (χ1v) is 12.8. The average Bonchev–Trinajstić information content (AvgIpc) is 2.80. The number of carbonyl (C=O) groups excluding carboxylic acids is 2. The molecule has 10 heteroatoms. The second kappa shape index (κ2) is 13.0. The number of carbonyl (C=O) groups is 2. The van der Waals surface area contributed by atoms with Crippen LogP contribution in [0.4, 0.5) is 0 Å². The Kier molecular flexibility index (Phi) is 10.4. The summed E-state index contributed by atoms with van der Waals surface area (Å²) in [6, 6.07) is 14.5. The number of benzene rings is 1. The second-order valence-corrected chi connectivity index (χ2v) is 10.3. The molecule has 0 saturated heterocycles. The maximum absolute atomic E-state index is 13.3. The highest BCUT2D eigenvalue weighted by molar-refractivity contribution is 7.88. The molecule has 0 aliphatic heterocycles. The fraction of sp³-hybridized carbons (Fsp3) is 0.375. The fourth-order valence-corrected chi connectivity index (χ4v) is 4.12. The number of nitrogens with one attached hydrogen (secondary N) is 2. The van der Waals surface area contributed by atoms with E-state index in [1.165, 1.54) is 6.20 Å². The average molecular weight is 489 g/mol. The minimum absolute atomic E-state index is 0.0327. The Hall–Kier alpha value is -3.08. The van der Waals surface area contributed by atoms with Crippen LogP contribution in [0.2, 0.25) is 0 Å². The van der Waals surface area contributed by atoms with E-state index in [1.807, 2.05) is 50.3 Å². The van der Waals surface area contributed by atoms with Crippen molar-refractivity contribution in [1.82, 2.24) is 20.3 Å². The molecule has 1 aromatic carbocycles. The van der Waals surface area contributed by atoms with Gasteiger partial charge in [-0.05, 0) is 36.5 Å². The number of hydrogen-bond acceptors (Lipinski definition) is 6. The summed E-state index contributed by atoms with van der Waals surface area (Å²) in [6.07, 6.45) is 6.58. The number of sulfonamides is 1. The normalized spacial score (nSPS) is 13.7. The molecule has 0 spiro atoms. The lowest BCUT2D eigenvalue weighted by molar-refractivity contribution is -0.142. The van der Waals surface area contributed by atoms with Crippen molar-refractivity contribution in [3.05, 3.63) is 72.1 Å². The Bertz CT molecular complexity index is 1060. The first-order chi connectivity index (χ1) is 16.1. The topological polar surface area (TPSA) is 129 Å². The van der Waals surface area contributed by atoms with E-state index in [0.717, 1.165) is 16.2 Å². The van der Waals surface area contributed by atoms with Crippen molar-refractivity contribution >= 4 is 27.9 Å². The molecular formula is C24H32N4O5S. The van der Waals surface area contributed by atoms with E-state index in [9.17, 15) is 23.2 Å². The lowest BCUT2D eigenvalue weighted by Gasteiger charge is -2.28. The number of hydrogen-bond donors (Lipinski definition) is 3. The van der Waals surface area contributed by atoms with Gasteiger partial charge in [-0.25, -0.2) is 13.9 Å². The molecule has 1 heterocycles. The van der Waals surface area contributed by atoms with Gasteiger partial charge in [-0.15, -0.1) is 4.41 Å². The van der Waals surface area contributed by atoms with Crippen LogP contribution in [0, 0.1) is 17.8 Å². The van der Waals surface area contributed by atoms with Crippen LogP contribution in [0.25, 0.3) is 6.08 Å². The molecule has 0 saturated carbocycles. The first-order valence-electron chi connectivity index (χ1n) is 11.0. The van der Waals surface area contributed by atoms with Gasteiger partial charge in [-0.3, -0.25) is 25.2 Å². The van der Waals surface area contributed by atoms with Crippen molar-refractivity contribution in [3.63, 3.8) is 0 Å². The van der Waals surface area contributed by atoms with E-state index in [4.69, 9.17) is 0 Å². The number of nitrogens with zero attached hydrogens (tertiary/aromatic N) is 2. The van der Waals surface area contributed by atoms with Crippen molar-refractivity contribution in [2.75, 3.05) is 6.26 Å². The minimum Gasteiger partial charge on any atom is -0.289 e. The monoisotopic (exact) mass is 488 g/mol. The van der Waals surface area contributed by atoms with E-state index < -0.39 is 33.7 Å². The molecule has 1 aromatic heterocycles. The number of pyridine rings is 1. The van der Waals surface area contributed by atoms with Gasteiger partial charge < -0.3 is 0 Å². The smallest absolute Gasteiger partial charge is 0.247 e. The summed E-state index contributed by atoms with van der Waals surface area (Å²) in [5, 5.41) is 9.32. The lowest BCUT2D eigenvalue weighted by atomic mass is 9.82. The molecule has 34 heavy (non-hydrogen) atoms. The van der Waals surface area contributed by atoms with Crippen LogP contribution in [0.15, 0.2) is 60.8 Å². The zero-order valence-electron chi connectivity index (χ0n) is 19.6. The number of rotatable bonds is 12. The van der Waals surface area contributed by atoms with Gasteiger partial charge >= 0.3 is 0 Å². The highest BCUT2D eigenvalue weighted by Gasteiger charge is 2.35. The summed E-state index contributed by atoms with van der Waals surface area (Å²) in [5.74, 6) is -3.11. The van der Waals surface area contributed by atoms with E-state index in [1.54, 1.807) is 29.8 Å². The van der Waals surface area contributed by atoms with E-state index in [-0.39, 0.29) is 18.9 Å². The summed E-state index contributed by atoms with van der Waals surface area (Å²) < 4.78 is 25.5. The van der Waals surface area contributed by atoms with Crippen molar-refractivity contribution in [1.29, 1.82) is 0 Å². The van der Waals surface area contributed by atoms with Crippen LogP contribution in [0.1, 0.15) is 37.9 Å². The van der Waals surface area contributed by atoms with Gasteiger partial charge in [-0.1, -0.05) is 62.4 Å². The van der Waals surface area contributed by atoms with Gasteiger partial charge in [0.15, 0.2) is 0 Å². The second-order valence-electron chi connectivity index (χ2n) is 8.43. The van der Waals surface area contributed by atoms with Crippen molar-refractivity contribution in [3.8, 4) is 0 Å². The Morgan fingerprint density at radius 3 is 2.29 bits per heavy atom. The summed E-state index contributed by atoms with van der Waals surface area (Å²) in [4.78, 5) is 30.0. The molecule has 2 aromatic rings. The number of hydroxylamine groups is 1. The third-order valence-corrected chi connectivity index (χ3v) is 6.18. The SMILES string of the molecule is CC(C)C[C@@H](C(=O)NN(Cc1ccccn1)S(C)(=O)=O)[C@H](C/C=C/c1ccccc1)C(=O)NO. The number of hydrazine groups is 1. The van der Waals surface area contributed by atoms with Gasteiger partial charge in [0.1, 0.15) is 0 Å². The third kappa shape index (κ3) is 8.69. The maximum Gasteiger partial charge on any atom is 0.247 e. The van der Waals surface area contributed by atoms with Gasteiger partial charge in [0, 0.05) is 6.20 Å². The number of allylic oxidation sites excluding steroid dienone is 1. The van der Waals surface area contributed by atoms with Crippen molar-refractivity contribution < 1.29 is 23.2 Å². The van der Waals surface area contributed by atoms with Crippen LogP contribution in [-0.4, -0.2) is 41.1 Å². The molecule has 2 atom stereocenters. The number of amides is 2. The zero-order valence-corrected chi connectivity index (χ0v) is 20.4. The quantitative estimate of drug-likeness (QED) is 0.311. The minimum atomic E-state index is -3.83. The highest BCUT2D eigenvalue weighted by atomic mass is 32.2. The Morgan fingerprint density at radius 2 is 1.74 bits per heavy atom. The van der Waals surface area contributed by atoms with Gasteiger partial charge in [0.25, 0.3) is 0 Å².